The zero-order valence-electron chi connectivity index (χ0n) is 14.4. The molecule has 9 heteroatoms. The van der Waals surface area contributed by atoms with E-state index in [4.69, 9.17) is 4.74 Å². The van der Waals surface area contributed by atoms with Gasteiger partial charge in [-0.15, -0.1) is 0 Å². The summed E-state index contributed by atoms with van der Waals surface area (Å²) in [6, 6.07) is 5.30. The van der Waals surface area contributed by atoms with Crippen LogP contribution in [0.5, 0.6) is 0 Å². The van der Waals surface area contributed by atoms with E-state index >= 15 is 0 Å². The van der Waals surface area contributed by atoms with E-state index in [0.29, 0.717) is 12.1 Å². The third kappa shape index (κ3) is 7.44. The second kappa shape index (κ2) is 9.28. The predicted octanol–water partition coefficient (Wildman–Crippen LogP) is 0.483. The number of hydrogen-bond donors (Lipinski definition) is 2. The van der Waals surface area contributed by atoms with Crippen LogP contribution >= 0.6 is 0 Å². The van der Waals surface area contributed by atoms with Crippen LogP contribution in [0.4, 0.5) is 0 Å². The minimum Gasteiger partial charge on any atom is -0.455 e. The Hall–Kier alpha value is -2.26. The van der Waals surface area contributed by atoms with E-state index in [1.165, 1.54) is 31.2 Å². The van der Waals surface area contributed by atoms with Crippen molar-refractivity contribution in [3.63, 3.8) is 0 Å². The molecule has 2 N–H and O–H groups in total. The molecule has 0 fully saturated rings. The van der Waals surface area contributed by atoms with Gasteiger partial charge in [0.2, 0.25) is 10.0 Å². The molecule has 1 aromatic rings. The minimum absolute atomic E-state index is 0.0834. The smallest absolute Gasteiger partial charge is 0.321 e. The maximum atomic E-state index is 12.1. The summed E-state index contributed by atoms with van der Waals surface area (Å²) < 4.78 is 30.9. The van der Waals surface area contributed by atoms with Crippen molar-refractivity contribution < 1.29 is 27.5 Å². The van der Waals surface area contributed by atoms with Gasteiger partial charge in [-0.2, -0.15) is 4.72 Å². The number of carbonyl (C=O) groups excluding carboxylic acids is 3. The van der Waals surface area contributed by atoms with Crippen molar-refractivity contribution in [1.29, 1.82) is 0 Å². The first kappa shape index (κ1) is 20.8. The molecule has 8 nitrogen and oxygen atoms in total. The summed E-state index contributed by atoms with van der Waals surface area (Å²) in [7, 11) is -3.92. The largest absolute Gasteiger partial charge is 0.455 e. The Balaban J connectivity index is 2.48. The Morgan fingerprint density at radius 2 is 1.72 bits per heavy atom. The molecule has 0 aliphatic rings. The average Bonchev–Trinajstić information content (AvgIpc) is 2.56. The number of esters is 1. The topological polar surface area (TPSA) is 119 Å². The lowest BCUT2D eigenvalue weighted by molar-refractivity contribution is -0.147. The number of carbonyl (C=O) groups is 3. The summed E-state index contributed by atoms with van der Waals surface area (Å²) in [6.45, 7) is 4.59. The summed E-state index contributed by atoms with van der Waals surface area (Å²) in [5, 5.41) is 2.57. The Bertz CT molecular complexity index is 725. The molecule has 25 heavy (non-hydrogen) atoms. The average molecular weight is 370 g/mol. The van der Waals surface area contributed by atoms with Gasteiger partial charge in [-0.1, -0.05) is 26.0 Å². The van der Waals surface area contributed by atoms with Crippen LogP contribution in [0.3, 0.4) is 0 Å². The highest BCUT2D eigenvalue weighted by Crippen LogP contribution is 2.10. The second-order valence-electron chi connectivity index (χ2n) is 5.76. The number of hydrogen-bond acceptors (Lipinski definition) is 6. The maximum Gasteiger partial charge on any atom is 0.321 e. The monoisotopic (exact) mass is 370 g/mol. The molecule has 138 valence electrons. The lowest BCUT2D eigenvalue weighted by Gasteiger charge is -2.09. The van der Waals surface area contributed by atoms with E-state index < -0.39 is 35.1 Å². The molecule has 1 amide bonds. The molecule has 0 bridgehead atoms. The molecular formula is C16H22N2O6S. The number of amides is 1. The number of ketones is 1. The normalized spacial score (nSPS) is 11.2. The Labute approximate surface area is 147 Å². The summed E-state index contributed by atoms with van der Waals surface area (Å²) in [4.78, 5) is 34.0. The van der Waals surface area contributed by atoms with E-state index in [2.05, 4.69) is 10.0 Å². The van der Waals surface area contributed by atoms with E-state index in [1.54, 1.807) is 0 Å². The highest BCUT2D eigenvalue weighted by molar-refractivity contribution is 7.89. The van der Waals surface area contributed by atoms with E-state index in [1.807, 2.05) is 13.8 Å². The Morgan fingerprint density at radius 1 is 1.12 bits per heavy atom. The first-order valence-corrected chi connectivity index (χ1v) is 9.13. The van der Waals surface area contributed by atoms with Crippen molar-refractivity contribution in [2.24, 2.45) is 5.92 Å². The summed E-state index contributed by atoms with van der Waals surface area (Å²) in [5.74, 6) is -1.24. The molecular weight excluding hydrogens is 348 g/mol. The van der Waals surface area contributed by atoms with Crippen molar-refractivity contribution in [3.05, 3.63) is 29.8 Å². The van der Waals surface area contributed by atoms with Crippen LogP contribution in [0.1, 0.15) is 31.1 Å². The molecule has 1 rings (SSSR count). The third-order valence-electron chi connectivity index (χ3n) is 3.05. The number of Topliss-reactive ketones (excluding diaryl/α,β-unsaturated/α-hetero) is 1. The van der Waals surface area contributed by atoms with Gasteiger partial charge >= 0.3 is 5.97 Å². The molecule has 0 unspecified atom stereocenters. The van der Waals surface area contributed by atoms with E-state index in [0.717, 1.165) is 0 Å². The lowest BCUT2D eigenvalue weighted by atomic mass is 10.2. The van der Waals surface area contributed by atoms with Gasteiger partial charge in [0, 0.05) is 12.1 Å². The number of ether oxygens (including phenoxy) is 1. The molecule has 0 saturated heterocycles. The molecule has 0 aromatic heterocycles. The fraction of sp³-hybridized carbons (Fsp3) is 0.438. The molecule has 0 atom stereocenters. The molecule has 1 aromatic carbocycles. The molecule has 0 spiro atoms. The van der Waals surface area contributed by atoms with Gasteiger partial charge in [-0.25, -0.2) is 8.42 Å². The molecule has 0 aliphatic heterocycles. The first-order chi connectivity index (χ1) is 11.6. The van der Waals surface area contributed by atoms with Crippen LogP contribution in [0.25, 0.3) is 0 Å². The molecule has 0 saturated carbocycles. The zero-order chi connectivity index (χ0) is 19.0. The second-order valence-corrected chi connectivity index (χ2v) is 7.53. The lowest BCUT2D eigenvalue weighted by Crippen LogP contribution is -2.35. The van der Waals surface area contributed by atoms with Crippen molar-refractivity contribution in [1.82, 2.24) is 10.0 Å². The fourth-order valence-electron chi connectivity index (χ4n) is 1.67. The van der Waals surface area contributed by atoms with E-state index in [-0.39, 0.29) is 16.6 Å². The molecule has 0 heterocycles. The summed E-state index contributed by atoms with van der Waals surface area (Å²) in [5.41, 5.74) is 0.380. The number of rotatable bonds is 9. The molecule has 0 radical (unpaired) electrons. The highest BCUT2D eigenvalue weighted by atomic mass is 32.2. The standard InChI is InChI=1S/C16H22N2O6S/c1-11(2)8-17-15(20)10-24-16(21)9-18-25(22,23)14-6-4-13(5-7-14)12(3)19/h4-7,11,18H,8-10H2,1-3H3,(H,17,20). The number of nitrogens with one attached hydrogen (secondary N) is 2. The summed E-state index contributed by atoms with van der Waals surface area (Å²) >= 11 is 0. The number of benzene rings is 1. The van der Waals surface area contributed by atoms with Crippen molar-refractivity contribution in [3.8, 4) is 0 Å². The van der Waals surface area contributed by atoms with Gasteiger partial charge in [-0.3, -0.25) is 14.4 Å². The van der Waals surface area contributed by atoms with Crippen LogP contribution in [-0.2, 0) is 24.3 Å². The van der Waals surface area contributed by atoms with Crippen LogP contribution in [0.15, 0.2) is 29.2 Å². The fourth-order valence-corrected chi connectivity index (χ4v) is 2.64. The van der Waals surface area contributed by atoms with Gasteiger partial charge < -0.3 is 10.1 Å². The van der Waals surface area contributed by atoms with Gasteiger partial charge in [0.05, 0.1) is 4.90 Å². The predicted molar refractivity (Wildman–Crippen MR) is 90.4 cm³/mol. The Kier molecular flexibility index (Phi) is 7.72. The zero-order valence-corrected chi connectivity index (χ0v) is 15.2. The van der Waals surface area contributed by atoms with Gasteiger partial charge in [-0.05, 0) is 25.0 Å². The third-order valence-corrected chi connectivity index (χ3v) is 4.47. The van der Waals surface area contributed by atoms with Crippen LogP contribution in [-0.4, -0.2) is 45.8 Å². The quantitative estimate of drug-likeness (QED) is 0.482. The van der Waals surface area contributed by atoms with Gasteiger partial charge in [0.1, 0.15) is 6.54 Å². The van der Waals surface area contributed by atoms with Crippen molar-refractivity contribution >= 4 is 27.7 Å². The Morgan fingerprint density at radius 3 is 2.24 bits per heavy atom. The summed E-state index contributed by atoms with van der Waals surface area (Å²) in [6.07, 6.45) is 0. The molecule has 0 aliphatic carbocycles. The van der Waals surface area contributed by atoms with Crippen LogP contribution in [0, 0.1) is 5.92 Å². The number of sulfonamides is 1. The van der Waals surface area contributed by atoms with Crippen LogP contribution < -0.4 is 10.0 Å². The maximum absolute atomic E-state index is 12.1. The first-order valence-electron chi connectivity index (χ1n) is 7.65. The van der Waals surface area contributed by atoms with Gasteiger partial charge in [0.25, 0.3) is 5.91 Å². The van der Waals surface area contributed by atoms with Crippen LogP contribution in [0.2, 0.25) is 0 Å². The minimum atomic E-state index is -3.92. The highest BCUT2D eigenvalue weighted by Gasteiger charge is 2.17. The van der Waals surface area contributed by atoms with Gasteiger partial charge in [0.15, 0.2) is 12.4 Å². The van der Waals surface area contributed by atoms with Crippen molar-refractivity contribution in [2.75, 3.05) is 19.7 Å². The SMILES string of the molecule is CC(=O)c1ccc(S(=O)(=O)NCC(=O)OCC(=O)NCC(C)C)cc1. The van der Waals surface area contributed by atoms with Crippen molar-refractivity contribution in [2.45, 2.75) is 25.7 Å². The van der Waals surface area contributed by atoms with E-state index in [9.17, 15) is 22.8 Å².